The summed E-state index contributed by atoms with van der Waals surface area (Å²) in [4.78, 5) is 24.9. The van der Waals surface area contributed by atoms with Gasteiger partial charge in [0.05, 0.1) is 7.11 Å². The lowest BCUT2D eigenvalue weighted by Crippen LogP contribution is -2.48. The van der Waals surface area contributed by atoms with E-state index in [-0.39, 0.29) is 17.6 Å². The Kier molecular flexibility index (Phi) is 7.55. The number of ether oxygens (including phenoxy) is 1. The van der Waals surface area contributed by atoms with E-state index in [4.69, 9.17) is 4.74 Å². The van der Waals surface area contributed by atoms with Gasteiger partial charge in [-0.3, -0.25) is 9.59 Å². The standard InChI is InChI=1S/C22H27FN2O3/c1-22(2,20(26)24-14-12-16-8-10-18(23)11-9-16)21(27)25-15-13-17-6-4-5-7-19(17)28-3/h4-11H,12-15H2,1-3H3,(H,24,26)(H,25,27). The van der Waals surface area contributed by atoms with E-state index in [1.165, 1.54) is 12.1 Å². The first-order valence-electron chi connectivity index (χ1n) is 9.27. The lowest BCUT2D eigenvalue weighted by Gasteiger charge is -2.23. The molecule has 0 bridgehead atoms. The second kappa shape index (κ2) is 9.88. The molecule has 0 saturated carbocycles. The lowest BCUT2D eigenvalue weighted by atomic mass is 9.91. The molecule has 0 aliphatic rings. The zero-order valence-electron chi connectivity index (χ0n) is 16.5. The van der Waals surface area contributed by atoms with E-state index in [0.717, 1.165) is 16.9 Å². The van der Waals surface area contributed by atoms with Crippen LogP contribution in [0.1, 0.15) is 25.0 Å². The van der Waals surface area contributed by atoms with Gasteiger partial charge in [0.1, 0.15) is 17.0 Å². The Balaban J connectivity index is 1.80. The molecule has 0 fully saturated rings. The molecule has 0 radical (unpaired) electrons. The lowest BCUT2D eigenvalue weighted by molar-refractivity contribution is -0.141. The van der Waals surface area contributed by atoms with Crippen molar-refractivity contribution in [2.75, 3.05) is 20.2 Å². The average molecular weight is 386 g/mol. The summed E-state index contributed by atoms with van der Waals surface area (Å²) >= 11 is 0. The third-order valence-electron chi connectivity index (χ3n) is 4.62. The average Bonchev–Trinajstić information content (AvgIpc) is 2.69. The van der Waals surface area contributed by atoms with Gasteiger partial charge in [0.2, 0.25) is 11.8 Å². The normalized spacial score (nSPS) is 11.0. The molecule has 0 aliphatic heterocycles. The number of rotatable bonds is 9. The predicted octanol–water partition coefficient (Wildman–Crippen LogP) is 2.88. The van der Waals surface area contributed by atoms with Gasteiger partial charge in [-0.2, -0.15) is 0 Å². The van der Waals surface area contributed by atoms with E-state index in [0.29, 0.717) is 25.9 Å². The van der Waals surface area contributed by atoms with Gasteiger partial charge in [-0.1, -0.05) is 30.3 Å². The van der Waals surface area contributed by atoms with Crippen LogP contribution < -0.4 is 15.4 Å². The number of benzene rings is 2. The summed E-state index contributed by atoms with van der Waals surface area (Å²) in [6.45, 7) is 3.98. The number of carbonyl (C=O) groups is 2. The van der Waals surface area contributed by atoms with Gasteiger partial charge in [-0.25, -0.2) is 4.39 Å². The molecular formula is C22H27FN2O3. The maximum absolute atomic E-state index is 12.9. The van der Waals surface area contributed by atoms with Gasteiger partial charge in [0, 0.05) is 13.1 Å². The fourth-order valence-corrected chi connectivity index (χ4v) is 2.74. The first kappa shape index (κ1) is 21.4. The topological polar surface area (TPSA) is 67.4 Å². The molecule has 28 heavy (non-hydrogen) atoms. The van der Waals surface area contributed by atoms with Crippen LogP contribution in [0, 0.1) is 11.2 Å². The molecule has 6 heteroatoms. The maximum atomic E-state index is 12.9. The Morgan fingerprint density at radius 1 is 0.929 bits per heavy atom. The maximum Gasteiger partial charge on any atom is 0.235 e. The Morgan fingerprint density at radius 3 is 2.11 bits per heavy atom. The van der Waals surface area contributed by atoms with Crippen molar-refractivity contribution in [1.82, 2.24) is 10.6 Å². The molecule has 0 atom stereocenters. The van der Waals surface area contributed by atoms with Crippen LogP contribution in [0.25, 0.3) is 0 Å². The molecule has 2 N–H and O–H groups in total. The Bertz CT molecular complexity index is 804. The molecule has 150 valence electrons. The minimum Gasteiger partial charge on any atom is -0.496 e. The Morgan fingerprint density at radius 2 is 1.50 bits per heavy atom. The highest BCUT2D eigenvalue weighted by molar-refractivity contribution is 6.04. The smallest absolute Gasteiger partial charge is 0.235 e. The molecule has 0 saturated heterocycles. The number of nitrogens with one attached hydrogen (secondary N) is 2. The summed E-state index contributed by atoms with van der Waals surface area (Å²) in [5, 5.41) is 5.60. The van der Waals surface area contributed by atoms with Gasteiger partial charge in [-0.05, 0) is 56.0 Å². The van der Waals surface area contributed by atoms with E-state index in [1.54, 1.807) is 33.1 Å². The van der Waals surface area contributed by atoms with Crippen LogP contribution in [-0.4, -0.2) is 32.0 Å². The first-order chi connectivity index (χ1) is 13.3. The monoisotopic (exact) mass is 386 g/mol. The molecule has 2 aromatic rings. The Labute approximate surface area is 165 Å². The first-order valence-corrected chi connectivity index (χ1v) is 9.27. The number of amides is 2. The van der Waals surface area contributed by atoms with Crippen LogP contribution in [-0.2, 0) is 22.4 Å². The Hall–Kier alpha value is -2.89. The minimum absolute atomic E-state index is 0.293. The molecule has 2 amide bonds. The van der Waals surface area contributed by atoms with E-state index in [1.807, 2.05) is 24.3 Å². The van der Waals surface area contributed by atoms with Crippen molar-refractivity contribution >= 4 is 11.8 Å². The molecule has 2 aromatic carbocycles. The SMILES string of the molecule is COc1ccccc1CCNC(=O)C(C)(C)C(=O)NCCc1ccc(F)cc1. The highest BCUT2D eigenvalue weighted by Crippen LogP contribution is 2.18. The molecule has 0 aromatic heterocycles. The van der Waals surface area contributed by atoms with Crippen LogP contribution in [0.2, 0.25) is 0 Å². The molecule has 0 spiro atoms. The molecule has 0 heterocycles. The third-order valence-corrected chi connectivity index (χ3v) is 4.62. The van der Waals surface area contributed by atoms with E-state index < -0.39 is 5.41 Å². The zero-order valence-corrected chi connectivity index (χ0v) is 16.5. The molecule has 5 nitrogen and oxygen atoms in total. The van der Waals surface area contributed by atoms with Crippen molar-refractivity contribution in [2.45, 2.75) is 26.7 Å². The number of hydrogen-bond acceptors (Lipinski definition) is 3. The number of carbonyl (C=O) groups excluding carboxylic acids is 2. The molecule has 2 rings (SSSR count). The number of halogens is 1. The van der Waals surface area contributed by atoms with Gasteiger partial charge in [0.25, 0.3) is 0 Å². The fourth-order valence-electron chi connectivity index (χ4n) is 2.74. The second-order valence-corrected chi connectivity index (χ2v) is 7.08. The quantitative estimate of drug-likeness (QED) is 0.651. The second-order valence-electron chi connectivity index (χ2n) is 7.08. The number of hydrogen-bond donors (Lipinski definition) is 2. The van der Waals surface area contributed by atoms with Crippen LogP contribution in [0.5, 0.6) is 5.75 Å². The summed E-state index contributed by atoms with van der Waals surface area (Å²) < 4.78 is 18.2. The van der Waals surface area contributed by atoms with Gasteiger partial charge < -0.3 is 15.4 Å². The summed E-state index contributed by atoms with van der Waals surface area (Å²) in [6.07, 6.45) is 1.18. The van der Waals surface area contributed by atoms with Crippen LogP contribution in [0.3, 0.4) is 0 Å². The highest BCUT2D eigenvalue weighted by Gasteiger charge is 2.35. The number of methoxy groups -OCH3 is 1. The van der Waals surface area contributed by atoms with Crippen molar-refractivity contribution in [3.05, 3.63) is 65.5 Å². The van der Waals surface area contributed by atoms with Gasteiger partial charge >= 0.3 is 0 Å². The summed E-state index contributed by atoms with van der Waals surface area (Å²) in [5.41, 5.74) is 0.719. The third kappa shape index (κ3) is 5.81. The van der Waals surface area contributed by atoms with Crippen molar-refractivity contribution < 1.29 is 18.7 Å². The molecule has 0 unspecified atom stereocenters. The van der Waals surface area contributed by atoms with Gasteiger partial charge in [0.15, 0.2) is 0 Å². The van der Waals surface area contributed by atoms with Crippen molar-refractivity contribution in [1.29, 1.82) is 0 Å². The van der Waals surface area contributed by atoms with E-state index in [9.17, 15) is 14.0 Å². The van der Waals surface area contributed by atoms with Crippen LogP contribution in [0.15, 0.2) is 48.5 Å². The number of para-hydroxylation sites is 1. The summed E-state index contributed by atoms with van der Waals surface area (Å²) in [5.74, 6) is -0.195. The van der Waals surface area contributed by atoms with Gasteiger partial charge in [-0.15, -0.1) is 0 Å². The van der Waals surface area contributed by atoms with Crippen LogP contribution in [0.4, 0.5) is 4.39 Å². The highest BCUT2D eigenvalue weighted by atomic mass is 19.1. The van der Waals surface area contributed by atoms with Crippen molar-refractivity contribution in [3.63, 3.8) is 0 Å². The fraction of sp³-hybridized carbons (Fsp3) is 0.364. The van der Waals surface area contributed by atoms with E-state index in [2.05, 4.69) is 10.6 Å². The van der Waals surface area contributed by atoms with Crippen molar-refractivity contribution in [3.8, 4) is 5.75 Å². The predicted molar refractivity (Wildman–Crippen MR) is 107 cm³/mol. The minimum atomic E-state index is -1.19. The zero-order chi connectivity index (χ0) is 20.6. The van der Waals surface area contributed by atoms with E-state index >= 15 is 0 Å². The summed E-state index contributed by atoms with van der Waals surface area (Å²) in [6, 6.07) is 13.7. The van der Waals surface area contributed by atoms with Crippen LogP contribution >= 0.6 is 0 Å². The largest absolute Gasteiger partial charge is 0.496 e. The van der Waals surface area contributed by atoms with Crippen molar-refractivity contribution in [2.24, 2.45) is 5.41 Å². The molecule has 0 aliphatic carbocycles. The molecular weight excluding hydrogens is 359 g/mol. The summed E-state index contributed by atoms with van der Waals surface area (Å²) in [7, 11) is 1.61.